The smallest absolute Gasteiger partial charge is 0.335 e. The predicted octanol–water partition coefficient (Wildman–Crippen LogP) is 4.63. The fourth-order valence-electron chi connectivity index (χ4n) is 1.77. The zero-order valence-electron chi connectivity index (χ0n) is 11.7. The Labute approximate surface area is 137 Å². The molecule has 0 saturated heterocycles. The number of hydrogen-bond donors (Lipinski definition) is 1. The van der Waals surface area contributed by atoms with Crippen LogP contribution in [-0.2, 0) is 11.4 Å². The van der Waals surface area contributed by atoms with Gasteiger partial charge in [0, 0.05) is 5.56 Å². The van der Waals surface area contributed by atoms with Crippen LogP contribution in [0.4, 0.5) is 0 Å². The van der Waals surface area contributed by atoms with Crippen LogP contribution in [0.15, 0.2) is 47.6 Å². The quantitative estimate of drug-likeness (QED) is 0.639. The van der Waals surface area contributed by atoms with Crippen molar-refractivity contribution in [3.8, 4) is 0 Å². The number of nitrogens with zero attached hydrogens (tertiary/aromatic N) is 1. The van der Waals surface area contributed by atoms with Gasteiger partial charge in [-0.1, -0.05) is 46.6 Å². The highest BCUT2D eigenvalue weighted by Crippen LogP contribution is 2.23. The van der Waals surface area contributed by atoms with E-state index in [2.05, 4.69) is 5.16 Å². The van der Waals surface area contributed by atoms with E-state index in [-0.39, 0.29) is 12.2 Å². The summed E-state index contributed by atoms with van der Waals surface area (Å²) in [7, 11) is 0. The maximum absolute atomic E-state index is 10.9. The van der Waals surface area contributed by atoms with Crippen molar-refractivity contribution in [3.63, 3.8) is 0 Å². The lowest BCUT2D eigenvalue weighted by molar-refractivity contribution is 0.0696. The molecule has 0 spiro atoms. The SMILES string of the molecule is C/C(=N/OCc1cccc(C(=O)O)c1)c1ccc(Cl)c(Cl)c1. The average molecular weight is 338 g/mol. The molecule has 0 aliphatic carbocycles. The van der Waals surface area contributed by atoms with Gasteiger partial charge in [0.25, 0.3) is 0 Å². The van der Waals surface area contributed by atoms with Gasteiger partial charge in [-0.3, -0.25) is 0 Å². The van der Waals surface area contributed by atoms with Crippen LogP contribution in [0.2, 0.25) is 10.0 Å². The minimum Gasteiger partial charge on any atom is -0.478 e. The molecule has 0 unspecified atom stereocenters. The Hall–Kier alpha value is -2.04. The molecule has 0 bridgehead atoms. The third kappa shape index (κ3) is 4.23. The van der Waals surface area contributed by atoms with Gasteiger partial charge in [0.2, 0.25) is 0 Å². The van der Waals surface area contributed by atoms with Crippen LogP contribution < -0.4 is 0 Å². The summed E-state index contributed by atoms with van der Waals surface area (Å²) < 4.78 is 0. The molecular formula is C16H13Cl2NO3. The van der Waals surface area contributed by atoms with Gasteiger partial charge in [0.1, 0.15) is 6.61 Å². The van der Waals surface area contributed by atoms with Crippen LogP contribution in [0.5, 0.6) is 0 Å². The summed E-state index contributed by atoms with van der Waals surface area (Å²) in [6.45, 7) is 1.97. The van der Waals surface area contributed by atoms with Crippen molar-refractivity contribution in [1.29, 1.82) is 0 Å². The van der Waals surface area contributed by atoms with Crippen molar-refractivity contribution in [2.75, 3.05) is 0 Å². The minimum atomic E-state index is -0.975. The monoisotopic (exact) mass is 337 g/mol. The molecule has 0 fully saturated rings. The summed E-state index contributed by atoms with van der Waals surface area (Å²) in [6, 6.07) is 11.7. The van der Waals surface area contributed by atoms with Gasteiger partial charge < -0.3 is 9.94 Å². The first-order valence-electron chi connectivity index (χ1n) is 6.41. The summed E-state index contributed by atoms with van der Waals surface area (Å²) >= 11 is 11.8. The molecule has 4 nitrogen and oxygen atoms in total. The second-order valence-corrected chi connectivity index (χ2v) is 5.40. The van der Waals surface area contributed by atoms with E-state index in [9.17, 15) is 4.79 Å². The molecule has 0 amide bonds. The molecule has 2 rings (SSSR count). The number of carboxylic acids is 1. The Bertz CT molecular complexity index is 729. The Kier molecular flexibility index (Phi) is 5.41. The van der Waals surface area contributed by atoms with Gasteiger partial charge in [-0.15, -0.1) is 0 Å². The summed E-state index contributed by atoms with van der Waals surface area (Å²) in [5.74, 6) is -0.975. The normalized spacial score (nSPS) is 11.3. The van der Waals surface area contributed by atoms with Crippen molar-refractivity contribution in [2.24, 2.45) is 5.16 Å². The van der Waals surface area contributed by atoms with E-state index in [4.69, 9.17) is 33.1 Å². The molecule has 1 N–H and O–H groups in total. The number of oxime groups is 1. The molecule has 0 aliphatic heterocycles. The number of halogens is 2. The fourth-order valence-corrected chi connectivity index (χ4v) is 2.07. The Morgan fingerprint density at radius 3 is 2.59 bits per heavy atom. The van der Waals surface area contributed by atoms with Crippen LogP contribution in [-0.4, -0.2) is 16.8 Å². The Morgan fingerprint density at radius 1 is 1.14 bits per heavy atom. The topological polar surface area (TPSA) is 58.9 Å². The summed E-state index contributed by atoms with van der Waals surface area (Å²) in [5, 5.41) is 13.9. The number of benzene rings is 2. The van der Waals surface area contributed by atoms with E-state index in [1.165, 1.54) is 6.07 Å². The second kappa shape index (κ2) is 7.29. The van der Waals surface area contributed by atoms with Gasteiger partial charge in [-0.2, -0.15) is 0 Å². The molecule has 0 atom stereocenters. The van der Waals surface area contributed by atoms with Crippen LogP contribution in [0.3, 0.4) is 0 Å². The summed E-state index contributed by atoms with van der Waals surface area (Å²) in [5.41, 5.74) is 2.39. The molecule has 22 heavy (non-hydrogen) atoms. The Balaban J connectivity index is 2.03. The van der Waals surface area contributed by atoms with Gasteiger partial charge in [-0.25, -0.2) is 4.79 Å². The van der Waals surface area contributed by atoms with Crippen molar-refractivity contribution in [2.45, 2.75) is 13.5 Å². The van der Waals surface area contributed by atoms with Crippen LogP contribution >= 0.6 is 23.2 Å². The maximum Gasteiger partial charge on any atom is 0.335 e. The largest absolute Gasteiger partial charge is 0.478 e. The van der Waals surface area contributed by atoms with E-state index < -0.39 is 5.97 Å². The molecule has 0 heterocycles. The van der Waals surface area contributed by atoms with Gasteiger partial charge in [0.15, 0.2) is 0 Å². The maximum atomic E-state index is 10.9. The second-order valence-electron chi connectivity index (χ2n) is 4.58. The van der Waals surface area contributed by atoms with E-state index in [1.54, 1.807) is 43.3 Å². The van der Waals surface area contributed by atoms with E-state index in [0.717, 1.165) is 11.1 Å². The Morgan fingerprint density at radius 2 is 1.91 bits per heavy atom. The molecule has 6 heteroatoms. The summed E-state index contributed by atoms with van der Waals surface area (Å²) in [6.07, 6.45) is 0. The van der Waals surface area contributed by atoms with Crippen molar-refractivity contribution in [1.82, 2.24) is 0 Å². The molecule has 0 saturated carbocycles. The van der Waals surface area contributed by atoms with Crippen LogP contribution in [0, 0.1) is 0 Å². The number of carboxylic acid groups (broad SMARTS) is 1. The fraction of sp³-hybridized carbons (Fsp3) is 0.125. The average Bonchev–Trinajstić information content (AvgIpc) is 2.50. The zero-order chi connectivity index (χ0) is 16.1. The molecular weight excluding hydrogens is 325 g/mol. The van der Waals surface area contributed by atoms with Gasteiger partial charge in [-0.05, 0) is 36.8 Å². The highest BCUT2D eigenvalue weighted by atomic mass is 35.5. The minimum absolute atomic E-state index is 0.180. The number of rotatable bonds is 5. The van der Waals surface area contributed by atoms with E-state index >= 15 is 0 Å². The van der Waals surface area contributed by atoms with E-state index in [1.807, 2.05) is 0 Å². The van der Waals surface area contributed by atoms with Crippen molar-refractivity contribution < 1.29 is 14.7 Å². The van der Waals surface area contributed by atoms with Crippen LogP contribution in [0.1, 0.15) is 28.4 Å². The molecule has 114 valence electrons. The molecule has 0 radical (unpaired) electrons. The lowest BCUT2D eigenvalue weighted by atomic mass is 10.1. The third-order valence-corrected chi connectivity index (χ3v) is 3.68. The zero-order valence-corrected chi connectivity index (χ0v) is 13.2. The lowest BCUT2D eigenvalue weighted by Crippen LogP contribution is -1.99. The first kappa shape index (κ1) is 16.3. The standard InChI is InChI=1S/C16H13Cl2NO3/c1-10(12-5-6-14(17)15(18)8-12)19-22-9-11-3-2-4-13(7-11)16(20)21/h2-8H,9H2,1H3,(H,20,21)/b19-10-. The molecule has 0 aliphatic rings. The first-order valence-corrected chi connectivity index (χ1v) is 7.17. The highest BCUT2D eigenvalue weighted by molar-refractivity contribution is 6.42. The van der Waals surface area contributed by atoms with E-state index in [0.29, 0.717) is 15.8 Å². The lowest BCUT2D eigenvalue weighted by Gasteiger charge is -2.05. The van der Waals surface area contributed by atoms with Crippen molar-refractivity contribution >= 4 is 34.9 Å². The van der Waals surface area contributed by atoms with Crippen molar-refractivity contribution in [3.05, 3.63) is 69.2 Å². The summed E-state index contributed by atoms with van der Waals surface area (Å²) in [4.78, 5) is 16.1. The van der Waals surface area contributed by atoms with Gasteiger partial charge >= 0.3 is 5.97 Å². The molecule has 0 aromatic heterocycles. The van der Waals surface area contributed by atoms with Gasteiger partial charge in [0.05, 0.1) is 21.3 Å². The molecule has 2 aromatic carbocycles. The number of aromatic carboxylic acids is 1. The van der Waals surface area contributed by atoms with Crippen LogP contribution in [0.25, 0.3) is 0 Å². The molecule has 2 aromatic rings. The third-order valence-electron chi connectivity index (χ3n) is 2.94. The first-order chi connectivity index (χ1) is 10.5. The number of carbonyl (C=O) groups is 1. The highest BCUT2D eigenvalue weighted by Gasteiger charge is 2.05. The predicted molar refractivity (Wildman–Crippen MR) is 86.9 cm³/mol. The number of hydrogen-bond acceptors (Lipinski definition) is 3.